The molecule has 1 heterocycles. The van der Waals surface area contributed by atoms with Crippen molar-refractivity contribution in [2.75, 3.05) is 13.1 Å². The van der Waals surface area contributed by atoms with Gasteiger partial charge in [0.1, 0.15) is 5.54 Å². The van der Waals surface area contributed by atoms with E-state index in [1.807, 2.05) is 18.2 Å². The predicted molar refractivity (Wildman–Crippen MR) is 86.0 cm³/mol. The van der Waals surface area contributed by atoms with Crippen LogP contribution in [0.5, 0.6) is 0 Å². The van der Waals surface area contributed by atoms with Crippen molar-refractivity contribution in [1.82, 2.24) is 10.6 Å². The summed E-state index contributed by atoms with van der Waals surface area (Å²) in [6.45, 7) is 3.71. The first-order valence-electron chi connectivity index (χ1n) is 7.89. The molecule has 0 spiro atoms. The van der Waals surface area contributed by atoms with Crippen LogP contribution in [0.15, 0.2) is 30.3 Å². The van der Waals surface area contributed by atoms with Crippen molar-refractivity contribution in [3.05, 3.63) is 35.9 Å². The molecule has 1 atom stereocenters. The fraction of sp³-hybridized carbons (Fsp3) is 0.529. The van der Waals surface area contributed by atoms with Crippen LogP contribution in [0.4, 0.5) is 0 Å². The second-order valence-corrected chi connectivity index (χ2v) is 6.14. The summed E-state index contributed by atoms with van der Waals surface area (Å²) in [7, 11) is 0. The Kier molecular flexibility index (Phi) is 5.55. The third kappa shape index (κ3) is 4.07. The SMILES string of the molecule is CC(NC(=O)CCC1CCNCC1)(C(N)=O)c1ccccc1. The van der Waals surface area contributed by atoms with Crippen LogP contribution in [0.1, 0.15) is 38.2 Å². The molecule has 1 aromatic rings. The average Bonchev–Trinajstić information content (AvgIpc) is 2.54. The molecule has 1 unspecified atom stereocenters. The molecule has 1 aliphatic heterocycles. The quantitative estimate of drug-likeness (QED) is 0.740. The summed E-state index contributed by atoms with van der Waals surface area (Å²) in [5, 5.41) is 6.13. The minimum Gasteiger partial charge on any atom is -0.367 e. The number of nitrogens with one attached hydrogen (secondary N) is 2. The first-order valence-corrected chi connectivity index (χ1v) is 7.89. The number of hydrogen-bond donors (Lipinski definition) is 3. The predicted octanol–water partition coefficient (Wildman–Crippen LogP) is 1.28. The highest BCUT2D eigenvalue weighted by molar-refractivity contribution is 5.91. The second-order valence-electron chi connectivity index (χ2n) is 6.14. The number of carbonyl (C=O) groups is 2. The molecule has 1 fully saturated rings. The number of benzene rings is 1. The number of primary amides is 1. The zero-order chi connectivity index (χ0) is 16.0. The summed E-state index contributed by atoms with van der Waals surface area (Å²) in [5.74, 6) is -0.0823. The van der Waals surface area contributed by atoms with E-state index in [1.165, 1.54) is 0 Å². The van der Waals surface area contributed by atoms with E-state index in [2.05, 4.69) is 10.6 Å². The molecule has 2 rings (SSSR count). The van der Waals surface area contributed by atoms with Gasteiger partial charge in [-0.15, -0.1) is 0 Å². The molecule has 5 heteroatoms. The highest BCUT2D eigenvalue weighted by Gasteiger charge is 2.34. The van der Waals surface area contributed by atoms with Gasteiger partial charge in [0.15, 0.2) is 0 Å². The fourth-order valence-corrected chi connectivity index (χ4v) is 2.89. The first kappa shape index (κ1) is 16.5. The standard InChI is InChI=1S/C17H25N3O2/c1-17(16(18)22,14-5-3-2-4-6-14)20-15(21)8-7-13-9-11-19-12-10-13/h2-6,13,19H,7-12H2,1H3,(H2,18,22)(H,20,21). The monoisotopic (exact) mass is 303 g/mol. The highest BCUT2D eigenvalue weighted by atomic mass is 16.2. The molecule has 0 aromatic heterocycles. The summed E-state index contributed by atoms with van der Waals surface area (Å²) in [6, 6.07) is 9.13. The van der Waals surface area contributed by atoms with Crippen LogP contribution in [0.3, 0.4) is 0 Å². The van der Waals surface area contributed by atoms with Crippen LogP contribution in [0.25, 0.3) is 0 Å². The van der Waals surface area contributed by atoms with Crippen LogP contribution in [0, 0.1) is 5.92 Å². The molecule has 120 valence electrons. The smallest absolute Gasteiger partial charge is 0.247 e. The van der Waals surface area contributed by atoms with E-state index in [9.17, 15) is 9.59 Å². The van der Waals surface area contributed by atoms with E-state index >= 15 is 0 Å². The number of amides is 2. The number of rotatable bonds is 6. The Bertz CT molecular complexity index is 512. The lowest BCUT2D eigenvalue weighted by atomic mass is 9.90. The number of hydrogen-bond acceptors (Lipinski definition) is 3. The Morgan fingerprint density at radius 1 is 1.27 bits per heavy atom. The van der Waals surface area contributed by atoms with Gasteiger partial charge in [-0.3, -0.25) is 9.59 Å². The maximum absolute atomic E-state index is 12.2. The largest absolute Gasteiger partial charge is 0.367 e. The van der Waals surface area contributed by atoms with Gasteiger partial charge in [-0.25, -0.2) is 0 Å². The lowest BCUT2D eigenvalue weighted by Gasteiger charge is -2.28. The van der Waals surface area contributed by atoms with E-state index in [0.717, 1.165) is 32.4 Å². The third-order valence-corrected chi connectivity index (χ3v) is 4.47. The van der Waals surface area contributed by atoms with Crippen molar-refractivity contribution in [2.24, 2.45) is 11.7 Å². The van der Waals surface area contributed by atoms with Crippen molar-refractivity contribution < 1.29 is 9.59 Å². The first-order chi connectivity index (χ1) is 10.5. The van der Waals surface area contributed by atoms with Gasteiger partial charge in [-0.05, 0) is 50.8 Å². The Morgan fingerprint density at radius 2 is 1.91 bits per heavy atom. The Hall–Kier alpha value is -1.88. The minimum absolute atomic E-state index is 0.122. The van der Waals surface area contributed by atoms with E-state index in [-0.39, 0.29) is 5.91 Å². The van der Waals surface area contributed by atoms with E-state index < -0.39 is 11.4 Å². The van der Waals surface area contributed by atoms with Crippen LogP contribution in [0.2, 0.25) is 0 Å². The molecule has 0 aliphatic carbocycles. The van der Waals surface area contributed by atoms with Crippen molar-refractivity contribution in [1.29, 1.82) is 0 Å². The zero-order valence-electron chi connectivity index (χ0n) is 13.1. The van der Waals surface area contributed by atoms with Gasteiger partial charge in [-0.2, -0.15) is 0 Å². The van der Waals surface area contributed by atoms with Crippen LogP contribution >= 0.6 is 0 Å². The molecule has 2 amide bonds. The maximum Gasteiger partial charge on any atom is 0.247 e. The molecular weight excluding hydrogens is 278 g/mol. The minimum atomic E-state index is -1.16. The normalized spacial score (nSPS) is 18.4. The highest BCUT2D eigenvalue weighted by Crippen LogP contribution is 2.22. The van der Waals surface area contributed by atoms with Crippen molar-refractivity contribution >= 4 is 11.8 Å². The molecule has 1 aromatic carbocycles. The van der Waals surface area contributed by atoms with Crippen molar-refractivity contribution in [3.63, 3.8) is 0 Å². The summed E-state index contributed by atoms with van der Waals surface area (Å²) in [5.41, 5.74) is 5.07. The molecular formula is C17H25N3O2. The third-order valence-electron chi connectivity index (χ3n) is 4.47. The lowest BCUT2D eigenvalue weighted by Crippen LogP contribution is -2.52. The van der Waals surface area contributed by atoms with Crippen molar-refractivity contribution in [3.8, 4) is 0 Å². The average molecular weight is 303 g/mol. The topological polar surface area (TPSA) is 84.2 Å². The Balaban J connectivity index is 1.96. The number of piperidine rings is 1. The van der Waals surface area contributed by atoms with Gasteiger partial charge in [0.2, 0.25) is 11.8 Å². The summed E-state index contributed by atoms with van der Waals surface area (Å²) < 4.78 is 0. The van der Waals surface area contributed by atoms with E-state index in [0.29, 0.717) is 17.9 Å². The second kappa shape index (κ2) is 7.40. The fourth-order valence-electron chi connectivity index (χ4n) is 2.89. The number of carbonyl (C=O) groups excluding carboxylic acids is 2. The molecule has 1 saturated heterocycles. The van der Waals surface area contributed by atoms with E-state index in [1.54, 1.807) is 19.1 Å². The lowest BCUT2D eigenvalue weighted by molar-refractivity contribution is -0.131. The molecule has 4 N–H and O–H groups in total. The summed E-state index contributed by atoms with van der Waals surface area (Å²) in [6.07, 6.45) is 3.51. The van der Waals surface area contributed by atoms with Gasteiger partial charge in [0.25, 0.3) is 0 Å². The Morgan fingerprint density at radius 3 is 2.50 bits per heavy atom. The zero-order valence-corrected chi connectivity index (χ0v) is 13.1. The van der Waals surface area contributed by atoms with Gasteiger partial charge < -0.3 is 16.4 Å². The van der Waals surface area contributed by atoms with E-state index in [4.69, 9.17) is 5.73 Å². The molecule has 0 radical (unpaired) electrons. The molecule has 1 aliphatic rings. The number of nitrogens with two attached hydrogens (primary N) is 1. The molecule has 22 heavy (non-hydrogen) atoms. The van der Waals surface area contributed by atoms with Crippen LogP contribution in [-0.4, -0.2) is 24.9 Å². The Labute approximate surface area is 131 Å². The van der Waals surface area contributed by atoms with Crippen LogP contribution < -0.4 is 16.4 Å². The maximum atomic E-state index is 12.2. The summed E-state index contributed by atoms with van der Waals surface area (Å²) in [4.78, 5) is 24.1. The molecule has 5 nitrogen and oxygen atoms in total. The van der Waals surface area contributed by atoms with Gasteiger partial charge in [-0.1, -0.05) is 30.3 Å². The molecule has 0 saturated carbocycles. The van der Waals surface area contributed by atoms with Gasteiger partial charge >= 0.3 is 0 Å². The summed E-state index contributed by atoms with van der Waals surface area (Å²) >= 11 is 0. The van der Waals surface area contributed by atoms with Gasteiger partial charge in [0, 0.05) is 6.42 Å². The van der Waals surface area contributed by atoms with Crippen molar-refractivity contribution in [2.45, 2.75) is 38.1 Å². The van der Waals surface area contributed by atoms with Gasteiger partial charge in [0.05, 0.1) is 0 Å². The molecule has 0 bridgehead atoms. The van der Waals surface area contributed by atoms with Crippen LogP contribution in [-0.2, 0) is 15.1 Å².